The summed E-state index contributed by atoms with van der Waals surface area (Å²) >= 11 is 1.54. The minimum absolute atomic E-state index is 0.374. The number of H-pyrrole nitrogens is 1. The zero-order valence-corrected chi connectivity index (χ0v) is 16.8. The number of ether oxygens (including phenoxy) is 1. The summed E-state index contributed by atoms with van der Waals surface area (Å²) in [5, 5.41) is 21.5. The molecule has 0 amide bonds. The van der Waals surface area contributed by atoms with E-state index in [2.05, 4.69) is 32.1 Å². The predicted octanol–water partition coefficient (Wildman–Crippen LogP) is 4.10. The van der Waals surface area contributed by atoms with Gasteiger partial charge in [0.15, 0.2) is 0 Å². The number of aromatic nitrogens is 4. The molecule has 0 aliphatic carbocycles. The van der Waals surface area contributed by atoms with Crippen LogP contribution in [0.15, 0.2) is 36.3 Å². The molecule has 0 saturated heterocycles. The fourth-order valence-electron chi connectivity index (χ4n) is 3.42. The van der Waals surface area contributed by atoms with Crippen molar-refractivity contribution in [3.8, 4) is 5.75 Å². The summed E-state index contributed by atoms with van der Waals surface area (Å²) in [7, 11) is 1.61. The first kappa shape index (κ1) is 19.3. The van der Waals surface area contributed by atoms with Gasteiger partial charge < -0.3 is 15.2 Å². The molecule has 29 heavy (non-hydrogen) atoms. The molecule has 2 aromatic heterocycles. The number of hydrogen-bond acceptors (Lipinski definition) is 7. The number of carboxylic acids is 1. The average molecular weight is 411 g/mol. The van der Waals surface area contributed by atoms with Crippen LogP contribution in [-0.2, 0) is 4.79 Å². The molecule has 3 aromatic rings. The van der Waals surface area contributed by atoms with Crippen molar-refractivity contribution >= 4 is 45.7 Å². The standard InChI is InChI=1S/C20H21N5O3S/c1-11-3-4-12(20(26)27)5-6-29-19-17(11)18(21-10-22-19)24-15-7-13-9-23-25-14(13)8-16(15)28-2/h7-10,12H,1,3-6H2,2H3,(H,23,25)(H,26,27)(H,21,22,24). The van der Waals surface area contributed by atoms with Crippen LogP contribution in [0.4, 0.5) is 11.5 Å². The molecule has 4 rings (SSSR count). The second-order valence-electron chi connectivity index (χ2n) is 6.85. The lowest BCUT2D eigenvalue weighted by Gasteiger charge is -2.17. The van der Waals surface area contributed by atoms with E-state index in [1.165, 1.54) is 18.1 Å². The second-order valence-corrected chi connectivity index (χ2v) is 7.94. The first-order valence-electron chi connectivity index (χ1n) is 9.23. The number of carboxylic acid groups (broad SMARTS) is 1. The van der Waals surface area contributed by atoms with E-state index in [0.29, 0.717) is 36.6 Å². The number of methoxy groups -OCH3 is 1. The first-order chi connectivity index (χ1) is 14.1. The molecule has 9 heteroatoms. The van der Waals surface area contributed by atoms with Crippen LogP contribution in [0.5, 0.6) is 5.75 Å². The number of carbonyl (C=O) groups is 1. The van der Waals surface area contributed by atoms with E-state index in [4.69, 9.17) is 4.74 Å². The van der Waals surface area contributed by atoms with Crippen LogP contribution in [-0.4, -0.2) is 44.1 Å². The molecule has 0 bridgehead atoms. The van der Waals surface area contributed by atoms with Gasteiger partial charge in [-0.2, -0.15) is 5.10 Å². The number of aromatic amines is 1. The monoisotopic (exact) mass is 411 g/mol. The topological polar surface area (TPSA) is 113 Å². The van der Waals surface area contributed by atoms with Gasteiger partial charge >= 0.3 is 5.97 Å². The van der Waals surface area contributed by atoms with Crippen LogP contribution in [0.25, 0.3) is 16.5 Å². The molecule has 0 fully saturated rings. The van der Waals surface area contributed by atoms with Crippen LogP contribution >= 0.6 is 11.8 Å². The zero-order chi connectivity index (χ0) is 20.4. The maximum absolute atomic E-state index is 11.5. The van der Waals surface area contributed by atoms with E-state index in [9.17, 15) is 9.90 Å². The number of benzene rings is 1. The van der Waals surface area contributed by atoms with Gasteiger partial charge in [0.2, 0.25) is 0 Å². The molecular formula is C20H21N5O3S. The fraction of sp³-hybridized carbons (Fsp3) is 0.300. The van der Waals surface area contributed by atoms with Gasteiger partial charge in [-0.3, -0.25) is 9.89 Å². The Hall–Kier alpha value is -3.07. The lowest BCUT2D eigenvalue weighted by Crippen LogP contribution is -2.14. The molecule has 3 N–H and O–H groups in total. The highest BCUT2D eigenvalue weighted by Crippen LogP contribution is 2.39. The molecule has 0 radical (unpaired) electrons. The van der Waals surface area contributed by atoms with Crippen molar-refractivity contribution in [1.29, 1.82) is 0 Å². The third-order valence-electron chi connectivity index (χ3n) is 5.03. The van der Waals surface area contributed by atoms with E-state index in [-0.39, 0.29) is 5.92 Å². The van der Waals surface area contributed by atoms with Crippen molar-refractivity contribution < 1.29 is 14.6 Å². The molecule has 1 aliphatic rings. The van der Waals surface area contributed by atoms with Gasteiger partial charge in [-0.15, -0.1) is 11.8 Å². The maximum atomic E-state index is 11.5. The van der Waals surface area contributed by atoms with Gasteiger partial charge in [0.1, 0.15) is 22.9 Å². The highest BCUT2D eigenvalue weighted by atomic mass is 32.2. The largest absolute Gasteiger partial charge is 0.494 e. The minimum atomic E-state index is -0.757. The predicted molar refractivity (Wildman–Crippen MR) is 113 cm³/mol. The molecule has 1 atom stereocenters. The number of aliphatic carboxylic acids is 1. The minimum Gasteiger partial charge on any atom is -0.494 e. The second kappa shape index (κ2) is 8.12. The van der Waals surface area contributed by atoms with Crippen LogP contribution in [0, 0.1) is 5.92 Å². The van der Waals surface area contributed by atoms with Crippen molar-refractivity contribution in [3.63, 3.8) is 0 Å². The Morgan fingerprint density at radius 1 is 1.38 bits per heavy atom. The Balaban J connectivity index is 1.71. The molecule has 1 aromatic carbocycles. The molecule has 3 heterocycles. The molecular weight excluding hydrogens is 390 g/mol. The van der Waals surface area contributed by atoms with Crippen LogP contribution in [0.3, 0.4) is 0 Å². The lowest BCUT2D eigenvalue weighted by molar-refractivity contribution is -0.141. The summed E-state index contributed by atoms with van der Waals surface area (Å²) in [5.74, 6) is 0.829. The molecule has 150 valence electrons. The highest BCUT2D eigenvalue weighted by Gasteiger charge is 2.23. The number of thioether (sulfide) groups is 1. The quantitative estimate of drug-likeness (QED) is 0.550. The fourth-order valence-corrected chi connectivity index (χ4v) is 4.52. The number of allylic oxidation sites excluding steroid dienone is 1. The molecule has 8 nitrogen and oxygen atoms in total. The zero-order valence-electron chi connectivity index (χ0n) is 15.9. The number of hydrogen-bond donors (Lipinski definition) is 3. The summed E-state index contributed by atoms with van der Waals surface area (Å²) in [5.41, 5.74) is 3.29. The normalized spacial score (nSPS) is 17.1. The van der Waals surface area contributed by atoms with E-state index in [0.717, 1.165) is 32.8 Å². The molecule has 1 aliphatic heterocycles. The van der Waals surface area contributed by atoms with Crippen molar-refractivity contribution in [3.05, 3.63) is 36.8 Å². The summed E-state index contributed by atoms with van der Waals surface area (Å²) in [6.07, 6.45) is 4.98. The SMILES string of the molecule is C=C1CCC(C(=O)O)CCSc2ncnc(Nc3cc4cn[nH]c4cc3OC)c21. The number of nitrogens with zero attached hydrogens (tertiary/aromatic N) is 3. The van der Waals surface area contributed by atoms with Crippen molar-refractivity contribution in [2.24, 2.45) is 5.92 Å². The maximum Gasteiger partial charge on any atom is 0.306 e. The van der Waals surface area contributed by atoms with Gasteiger partial charge in [0.05, 0.1) is 36.0 Å². The number of anilines is 2. The summed E-state index contributed by atoms with van der Waals surface area (Å²) in [6.45, 7) is 4.21. The van der Waals surface area contributed by atoms with Gasteiger partial charge in [0, 0.05) is 17.2 Å². The highest BCUT2D eigenvalue weighted by molar-refractivity contribution is 7.99. The third kappa shape index (κ3) is 3.91. The van der Waals surface area contributed by atoms with Gasteiger partial charge in [0.25, 0.3) is 0 Å². The van der Waals surface area contributed by atoms with E-state index < -0.39 is 5.97 Å². The number of fused-ring (bicyclic) bond motifs is 2. The molecule has 1 unspecified atom stereocenters. The van der Waals surface area contributed by atoms with Crippen molar-refractivity contribution in [2.75, 3.05) is 18.2 Å². The Morgan fingerprint density at radius 3 is 3.03 bits per heavy atom. The Bertz CT molecular complexity index is 1080. The van der Waals surface area contributed by atoms with E-state index >= 15 is 0 Å². The van der Waals surface area contributed by atoms with E-state index in [1.54, 1.807) is 13.3 Å². The van der Waals surface area contributed by atoms with Gasteiger partial charge in [-0.1, -0.05) is 6.58 Å². The molecule has 0 saturated carbocycles. The van der Waals surface area contributed by atoms with Crippen molar-refractivity contribution in [2.45, 2.75) is 24.3 Å². The smallest absolute Gasteiger partial charge is 0.306 e. The summed E-state index contributed by atoms with van der Waals surface area (Å²) in [6, 6.07) is 3.82. The van der Waals surface area contributed by atoms with Gasteiger partial charge in [-0.25, -0.2) is 9.97 Å². The van der Waals surface area contributed by atoms with Crippen LogP contribution < -0.4 is 10.1 Å². The van der Waals surface area contributed by atoms with Crippen molar-refractivity contribution in [1.82, 2.24) is 20.2 Å². The van der Waals surface area contributed by atoms with E-state index in [1.807, 2.05) is 12.1 Å². The average Bonchev–Trinajstić information content (AvgIpc) is 3.18. The lowest BCUT2D eigenvalue weighted by atomic mass is 9.95. The number of nitrogens with one attached hydrogen (secondary N) is 2. The number of rotatable bonds is 4. The third-order valence-corrected chi connectivity index (χ3v) is 6.05. The summed E-state index contributed by atoms with van der Waals surface area (Å²) < 4.78 is 5.52. The Labute approximate surface area is 171 Å². The Kier molecular flexibility index (Phi) is 5.39. The van der Waals surface area contributed by atoms with Gasteiger partial charge in [-0.05, 0) is 30.9 Å². The Morgan fingerprint density at radius 2 is 2.24 bits per heavy atom. The summed E-state index contributed by atoms with van der Waals surface area (Å²) in [4.78, 5) is 20.3. The van der Waals surface area contributed by atoms with Crippen LogP contribution in [0.1, 0.15) is 24.8 Å². The molecule has 0 spiro atoms. The van der Waals surface area contributed by atoms with Crippen LogP contribution in [0.2, 0.25) is 0 Å². The first-order valence-corrected chi connectivity index (χ1v) is 10.2.